The van der Waals surface area contributed by atoms with Gasteiger partial charge < -0.3 is 44.7 Å². The van der Waals surface area contributed by atoms with E-state index in [0.717, 1.165) is 75.0 Å². The van der Waals surface area contributed by atoms with Crippen LogP contribution in [0.4, 0.5) is 5.82 Å². The van der Waals surface area contributed by atoms with E-state index >= 15 is 0 Å². The summed E-state index contributed by atoms with van der Waals surface area (Å²) in [7, 11) is -10.9. The molecule has 3 heterocycles. The molecule has 1 aromatic rings. The van der Waals surface area contributed by atoms with Crippen molar-refractivity contribution < 1.29 is 71.0 Å². The summed E-state index contributed by atoms with van der Waals surface area (Å²) in [6.45, 7) is 2.05. The van der Waals surface area contributed by atoms with E-state index in [1.807, 2.05) is 12.2 Å². The SMILES string of the molecule is CCCCCCCC/C=C\CCCCCCCC(=O)O[C@H](COC(=O)CCC/C=C\C/C=C\C/C=C\CC1OC1CCCCC)COP(=O)(O)OP(=O)(O)OC[C@H]1O[C@@H](n2ccc(N)nc2=O)[C@H](O)[C@@H]1O. The average molecular weight is 1040 g/mol. The fourth-order valence-corrected chi connectivity index (χ4v) is 9.80. The van der Waals surface area contributed by atoms with Crippen LogP contribution in [-0.2, 0) is 51.0 Å². The van der Waals surface area contributed by atoms with Crippen molar-refractivity contribution in [1.29, 1.82) is 0 Å². The fourth-order valence-electron chi connectivity index (χ4n) is 7.69. The van der Waals surface area contributed by atoms with Crippen LogP contribution in [0.2, 0.25) is 0 Å². The highest BCUT2D eigenvalue weighted by Crippen LogP contribution is 2.60. The zero-order chi connectivity index (χ0) is 51.7. The minimum absolute atomic E-state index is 0.0252. The van der Waals surface area contributed by atoms with E-state index in [1.165, 1.54) is 63.9 Å². The van der Waals surface area contributed by atoms with Gasteiger partial charge in [-0.05, 0) is 76.7 Å². The number of ether oxygens (including phenoxy) is 4. The van der Waals surface area contributed by atoms with Gasteiger partial charge >= 0.3 is 33.3 Å². The maximum Gasteiger partial charge on any atom is 0.481 e. The van der Waals surface area contributed by atoms with Crippen molar-refractivity contribution >= 4 is 33.4 Å². The summed E-state index contributed by atoms with van der Waals surface area (Å²) in [4.78, 5) is 61.9. The van der Waals surface area contributed by atoms with Crippen LogP contribution >= 0.6 is 15.6 Å². The van der Waals surface area contributed by atoms with Gasteiger partial charge in [0.15, 0.2) is 12.3 Å². The van der Waals surface area contributed by atoms with Gasteiger partial charge in [-0.25, -0.2) is 13.9 Å². The Balaban J connectivity index is 1.41. The molecule has 0 aromatic carbocycles. The number of esters is 2. The number of epoxide rings is 1. The number of hydrogen-bond donors (Lipinski definition) is 5. The molecule has 0 spiro atoms. The molecular weight excluding hydrogens is 961 g/mol. The minimum atomic E-state index is -5.44. The predicted molar refractivity (Wildman–Crippen MR) is 270 cm³/mol. The number of anilines is 1. The van der Waals surface area contributed by atoms with Gasteiger partial charge in [0, 0.05) is 19.0 Å². The Bertz CT molecular complexity index is 1950. The monoisotopic (exact) mass is 1040 g/mol. The molecule has 0 aliphatic carbocycles. The lowest BCUT2D eigenvalue weighted by Gasteiger charge is -2.21. The van der Waals surface area contributed by atoms with E-state index in [4.69, 9.17) is 33.7 Å². The van der Waals surface area contributed by atoms with Crippen molar-refractivity contribution in [2.24, 2.45) is 0 Å². The van der Waals surface area contributed by atoms with Gasteiger partial charge in [0.1, 0.15) is 30.7 Å². The van der Waals surface area contributed by atoms with E-state index in [0.29, 0.717) is 31.5 Å². The number of unbranched alkanes of at least 4 members (excludes halogenated alkanes) is 14. The summed E-state index contributed by atoms with van der Waals surface area (Å²) in [6.07, 6.45) is 33.7. The van der Waals surface area contributed by atoms with Gasteiger partial charge in [-0.1, -0.05) is 133 Å². The number of aliphatic hydroxyl groups is 2. The summed E-state index contributed by atoms with van der Waals surface area (Å²) in [5.41, 5.74) is 4.58. The van der Waals surface area contributed by atoms with Crippen molar-refractivity contribution in [3.05, 3.63) is 71.4 Å². The second kappa shape index (κ2) is 35.8. The third-order valence-electron chi connectivity index (χ3n) is 11.8. The van der Waals surface area contributed by atoms with Crippen LogP contribution in [0.3, 0.4) is 0 Å². The van der Waals surface area contributed by atoms with Crippen molar-refractivity contribution in [3.63, 3.8) is 0 Å². The van der Waals surface area contributed by atoms with Crippen LogP contribution in [-0.4, -0.2) is 97.9 Å². The minimum Gasteiger partial charge on any atom is -0.462 e. The Morgan fingerprint density at radius 3 is 1.97 bits per heavy atom. The molecule has 19 nitrogen and oxygen atoms in total. The highest BCUT2D eigenvalue weighted by molar-refractivity contribution is 7.61. The number of nitrogens with zero attached hydrogens (tertiary/aromatic N) is 2. The third-order valence-corrected chi connectivity index (χ3v) is 14.4. The maximum atomic E-state index is 12.9. The predicted octanol–water partition coefficient (Wildman–Crippen LogP) is 9.54. The number of aliphatic hydroxyl groups excluding tert-OH is 2. The molecule has 9 atom stereocenters. The van der Waals surface area contributed by atoms with Gasteiger partial charge in [-0.3, -0.25) is 23.2 Å². The second-order valence-electron chi connectivity index (χ2n) is 18.1. The Morgan fingerprint density at radius 1 is 0.704 bits per heavy atom. The second-order valence-corrected chi connectivity index (χ2v) is 21.1. The topological polar surface area (TPSA) is 278 Å². The molecule has 0 amide bonds. The lowest BCUT2D eigenvalue weighted by molar-refractivity contribution is -0.161. The number of nitrogens with two attached hydrogens (primary N) is 1. The molecule has 4 unspecified atom stereocenters. The number of hydrogen-bond acceptors (Lipinski definition) is 16. The van der Waals surface area contributed by atoms with E-state index in [1.54, 1.807) is 0 Å². The molecule has 2 saturated heterocycles. The maximum absolute atomic E-state index is 12.9. The molecule has 0 bridgehead atoms. The number of phosphoric ester groups is 2. The zero-order valence-electron chi connectivity index (χ0n) is 42.0. The highest BCUT2D eigenvalue weighted by Gasteiger charge is 2.46. The zero-order valence-corrected chi connectivity index (χ0v) is 43.7. The largest absolute Gasteiger partial charge is 0.481 e. The molecular formula is C50H83N3O16P2. The summed E-state index contributed by atoms with van der Waals surface area (Å²) < 4.78 is 62.5. The molecule has 0 radical (unpaired) electrons. The van der Waals surface area contributed by atoms with E-state index in [2.05, 4.69) is 59.6 Å². The van der Waals surface area contributed by atoms with E-state index < -0.39 is 83.7 Å². The van der Waals surface area contributed by atoms with Crippen LogP contribution in [0.25, 0.3) is 0 Å². The molecule has 21 heteroatoms. The Morgan fingerprint density at radius 2 is 1.28 bits per heavy atom. The normalized spacial score (nSPS) is 22.4. The Labute approximate surface area is 420 Å². The number of aromatic nitrogens is 2. The summed E-state index contributed by atoms with van der Waals surface area (Å²) in [5.74, 6) is -1.38. The summed E-state index contributed by atoms with van der Waals surface area (Å²) in [6, 6.07) is 1.24. The van der Waals surface area contributed by atoms with E-state index in [9.17, 15) is 43.5 Å². The molecule has 1 aromatic heterocycles. The number of carbonyl (C=O) groups excluding carboxylic acids is 2. The summed E-state index contributed by atoms with van der Waals surface area (Å²) >= 11 is 0. The number of carbonyl (C=O) groups is 2. The summed E-state index contributed by atoms with van der Waals surface area (Å²) in [5, 5.41) is 20.9. The van der Waals surface area contributed by atoms with Crippen LogP contribution < -0.4 is 11.4 Å². The van der Waals surface area contributed by atoms with Gasteiger partial charge in [0.25, 0.3) is 0 Å². The molecule has 2 aliphatic rings. The van der Waals surface area contributed by atoms with Crippen LogP contribution in [0.1, 0.15) is 174 Å². The van der Waals surface area contributed by atoms with Crippen LogP contribution in [0, 0.1) is 0 Å². The van der Waals surface area contributed by atoms with Gasteiger partial charge in [-0.2, -0.15) is 9.29 Å². The first-order chi connectivity index (χ1) is 34.1. The van der Waals surface area contributed by atoms with Gasteiger partial charge in [0.05, 0.1) is 25.4 Å². The number of allylic oxidation sites excluding steroid dienone is 7. The average Bonchev–Trinajstić information content (AvgIpc) is 4.02. The molecule has 0 saturated carbocycles. The first-order valence-electron chi connectivity index (χ1n) is 25.8. The van der Waals surface area contributed by atoms with Gasteiger partial charge in [0.2, 0.25) is 0 Å². The first kappa shape index (κ1) is 62.0. The highest BCUT2D eigenvalue weighted by atomic mass is 31.3. The van der Waals surface area contributed by atoms with Gasteiger partial charge in [-0.15, -0.1) is 0 Å². The smallest absolute Gasteiger partial charge is 0.462 e. The van der Waals surface area contributed by atoms with Crippen molar-refractivity contribution in [2.45, 2.75) is 211 Å². The third kappa shape index (κ3) is 28.1. The molecule has 3 rings (SSSR count). The van der Waals surface area contributed by atoms with Crippen molar-refractivity contribution in [3.8, 4) is 0 Å². The number of nitrogen functional groups attached to an aromatic ring is 1. The lowest BCUT2D eigenvalue weighted by Crippen LogP contribution is -2.36. The molecule has 2 fully saturated rings. The molecule has 404 valence electrons. The fraction of sp³-hybridized carbons (Fsp3) is 0.720. The standard InChI is InChI=1S/C50H83N3O16P2/c1-3-5-7-8-9-10-11-12-13-14-15-20-23-26-30-34-46(55)66-40(37-63-45(54)33-29-25-22-19-17-16-18-21-24-28-32-42-41(67-42)31-27-6-4-2)38-64-70(59,60)69-71(61,62)65-39-43-47(56)48(57)49(68-43)53-36-35-44(51)52-50(53)58/h12-13,16,18-19,22,24,28,35-36,40-43,47-49,56-57H,3-11,14-15,17,20-21,23,25-27,29-34,37-39H2,1-2H3,(H,59,60)(H,61,62)(H2,51,52,58)/b13-12-,18-16-,22-19-,28-24-/t40-,41?,42?,43-,47-,48-,49-/m1/s1. The van der Waals surface area contributed by atoms with Crippen molar-refractivity contribution in [1.82, 2.24) is 9.55 Å². The first-order valence-corrected chi connectivity index (χ1v) is 28.8. The Hall–Kier alpha value is -3.32. The van der Waals surface area contributed by atoms with E-state index in [-0.39, 0.29) is 18.7 Å². The molecule has 6 N–H and O–H groups in total. The number of phosphoric acid groups is 2. The molecule has 71 heavy (non-hydrogen) atoms. The quantitative estimate of drug-likeness (QED) is 0.0134. The molecule has 2 aliphatic heterocycles. The Kier molecular flexibility index (Phi) is 31.2. The van der Waals surface area contributed by atoms with Crippen LogP contribution in [0.15, 0.2) is 65.7 Å². The van der Waals surface area contributed by atoms with Crippen LogP contribution in [0.5, 0.6) is 0 Å². The van der Waals surface area contributed by atoms with Crippen molar-refractivity contribution in [2.75, 3.05) is 25.6 Å². The number of rotatable bonds is 41. The lowest BCUT2D eigenvalue weighted by atomic mass is 10.1.